The summed E-state index contributed by atoms with van der Waals surface area (Å²) in [5.41, 5.74) is 1.13. The van der Waals surface area contributed by atoms with Gasteiger partial charge in [-0.3, -0.25) is 4.79 Å². The van der Waals surface area contributed by atoms with Crippen LogP contribution in [0.25, 0.3) is 0 Å². The van der Waals surface area contributed by atoms with Crippen LogP contribution >= 0.6 is 0 Å². The Hall–Kier alpha value is -2.58. The monoisotopic (exact) mass is 392 g/mol. The van der Waals surface area contributed by atoms with E-state index in [9.17, 15) is 13.2 Å². The second-order valence-electron chi connectivity index (χ2n) is 6.12. The second-order valence-corrected chi connectivity index (χ2v) is 8.24. The van der Waals surface area contributed by atoms with Gasteiger partial charge in [0.15, 0.2) is 0 Å². The number of rotatable bonds is 7. The van der Waals surface area contributed by atoms with Gasteiger partial charge in [-0.1, -0.05) is 12.1 Å². The molecule has 0 bridgehead atoms. The number of sulfonamides is 1. The Balaban J connectivity index is 2.28. The first-order valence-electron chi connectivity index (χ1n) is 8.26. The average molecular weight is 392 g/mol. The van der Waals surface area contributed by atoms with Crippen LogP contribution in [0.15, 0.2) is 47.4 Å². The number of ether oxygens (including phenoxy) is 2. The highest BCUT2D eigenvalue weighted by molar-refractivity contribution is 7.89. The van der Waals surface area contributed by atoms with Crippen LogP contribution in [0.2, 0.25) is 0 Å². The van der Waals surface area contributed by atoms with Gasteiger partial charge < -0.3 is 14.8 Å². The fraction of sp³-hybridized carbons (Fsp3) is 0.316. The molecule has 0 aliphatic heterocycles. The fourth-order valence-electron chi connectivity index (χ4n) is 2.47. The zero-order valence-corrected chi connectivity index (χ0v) is 16.8. The molecule has 2 rings (SSSR count). The van der Waals surface area contributed by atoms with E-state index in [0.717, 1.165) is 15.6 Å². The van der Waals surface area contributed by atoms with E-state index in [1.165, 1.54) is 39.4 Å². The van der Waals surface area contributed by atoms with Crippen LogP contribution < -0.4 is 14.8 Å². The Morgan fingerprint density at radius 3 is 2.19 bits per heavy atom. The minimum Gasteiger partial charge on any atom is -0.497 e. The fourth-order valence-corrected chi connectivity index (χ4v) is 3.55. The van der Waals surface area contributed by atoms with Crippen LogP contribution in [0.3, 0.4) is 0 Å². The largest absolute Gasteiger partial charge is 0.497 e. The predicted molar refractivity (Wildman–Crippen MR) is 103 cm³/mol. The molecular formula is C19H24N2O5S. The van der Waals surface area contributed by atoms with Crippen molar-refractivity contribution in [2.24, 2.45) is 0 Å². The molecule has 0 heterocycles. The Labute approximate surface area is 160 Å². The van der Waals surface area contributed by atoms with E-state index < -0.39 is 10.0 Å². The van der Waals surface area contributed by atoms with Gasteiger partial charge in [-0.2, -0.15) is 0 Å². The molecule has 0 aromatic heterocycles. The van der Waals surface area contributed by atoms with Crippen molar-refractivity contribution in [3.8, 4) is 11.5 Å². The highest BCUT2D eigenvalue weighted by Gasteiger charge is 2.24. The van der Waals surface area contributed by atoms with Gasteiger partial charge in [0.1, 0.15) is 16.4 Å². The lowest BCUT2D eigenvalue weighted by atomic mass is 10.1. The Bertz CT molecular complexity index is 908. The number of hydrogen-bond donors (Lipinski definition) is 1. The van der Waals surface area contributed by atoms with Crippen molar-refractivity contribution < 1.29 is 22.7 Å². The third kappa shape index (κ3) is 4.58. The van der Waals surface area contributed by atoms with Gasteiger partial charge in [-0.25, -0.2) is 12.7 Å². The maximum absolute atomic E-state index is 12.6. The molecule has 0 aliphatic carbocycles. The number of amides is 1. The summed E-state index contributed by atoms with van der Waals surface area (Å²) in [6.45, 7) is 1.85. The lowest BCUT2D eigenvalue weighted by Crippen LogP contribution is -2.27. The van der Waals surface area contributed by atoms with Crippen molar-refractivity contribution in [3.05, 3.63) is 53.6 Å². The molecular weight excluding hydrogens is 368 g/mol. The molecule has 0 radical (unpaired) electrons. The van der Waals surface area contributed by atoms with Gasteiger partial charge in [0.2, 0.25) is 10.0 Å². The molecule has 1 atom stereocenters. The maximum atomic E-state index is 12.6. The van der Waals surface area contributed by atoms with E-state index in [-0.39, 0.29) is 28.2 Å². The Kier molecular flexibility index (Phi) is 6.45. The van der Waals surface area contributed by atoms with Crippen LogP contribution in [0, 0.1) is 0 Å². The third-order valence-electron chi connectivity index (χ3n) is 4.15. The summed E-state index contributed by atoms with van der Waals surface area (Å²) < 4.78 is 36.3. The summed E-state index contributed by atoms with van der Waals surface area (Å²) in [6.07, 6.45) is 0. The van der Waals surface area contributed by atoms with Crippen LogP contribution in [0.1, 0.15) is 28.9 Å². The quantitative estimate of drug-likeness (QED) is 0.782. The van der Waals surface area contributed by atoms with Crippen molar-refractivity contribution in [1.29, 1.82) is 0 Å². The Morgan fingerprint density at radius 2 is 1.67 bits per heavy atom. The van der Waals surface area contributed by atoms with Crippen LogP contribution in [0.4, 0.5) is 0 Å². The van der Waals surface area contributed by atoms with Crippen LogP contribution in [0.5, 0.6) is 11.5 Å². The predicted octanol–water partition coefficient (Wildman–Crippen LogP) is 2.45. The average Bonchev–Trinajstić information content (AvgIpc) is 2.67. The van der Waals surface area contributed by atoms with Crippen molar-refractivity contribution >= 4 is 15.9 Å². The van der Waals surface area contributed by atoms with Crippen molar-refractivity contribution in [2.45, 2.75) is 17.9 Å². The van der Waals surface area contributed by atoms with Gasteiger partial charge in [0.25, 0.3) is 5.91 Å². The van der Waals surface area contributed by atoms with E-state index in [0.29, 0.717) is 0 Å². The molecule has 0 unspecified atom stereocenters. The molecule has 1 amide bonds. The first kappa shape index (κ1) is 20.7. The summed E-state index contributed by atoms with van der Waals surface area (Å²) in [7, 11) is 2.07. The van der Waals surface area contributed by atoms with Crippen molar-refractivity contribution in [1.82, 2.24) is 9.62 Å². The highest BCUT2D eigenvalue weighted by Crippen LogP contribution is 2.27. The first-order valence-corrected chi connectivity index (χ1v) is 9.70. The number of nitrogens with zero attached hydrogens (tertiary/aromatic N) is 1. The smallest absolute Gasteiger partial charge is 0.251 e. The van der Waals surface area contributed by atoms with Gasteiger partial charge in [0.05, 0.1) is 20.3 Å². The summed E-state index contributed by atoms with van der Waals surface area (Å²) >= 11 is 0. The van der Waals surface area contributed by atoms with Gasteiger partial charge in [-0.15, -0.1) is 0 Å². The molecule has 0 saturated heterocycles. The number of hydrogen-bond acceptors (Lipinski definition) is 5. The molecule has 2 aromatic carbocycles. The van der Waals surface area contributed by atoms with Gasteiger partial charge in [0, 0.05) is 19.7 Å². The van der Waals surface area contributed by atoms with Gasteiger partial charge in [-0.05, 0) is 42.8 Å². The van der Waals surface area contributed by atoms with Gasteiger partial charge >= 0.3 is 0 Å². The summed E-state index contributed by atoms with van der Waals surface area (Å²) in [5, 5.41) is 2.87. The zero-order valence-electron chi connectivity index (χ0n) is 16.0. The van der Waals surface area contributed by atoms with E-state index in [4.69, 9.17) is 9.47 Å². The molecule has 0 spiro atoms. The molecule has 146 valence electrons. The molecule has 7 nitrogen and oxygen atoms in total. The Morgan fingerprint density at radius 1 is 1.04 bits per heavy atom. The number of carbonyl (C=O) groups is 1. The molecule has 27 heavy (non-hydrogen) atoms. The number of carbonyl (C=O) groups excluding carboxylic acids is 1. The van der Waals surface area contributed by atoms with E-state index in [2.05, 4.69) is 5.32 Å². The standard InChI is InChI=1S/C19H24N2O5S/c1-13(14-6-9-16(25-4)10-7-14)20-19(22)15-8-11-17(26-5)18(12-15)27(23,24)21(2)3/h6-13H,1-5H3,(H,20,22)/t13-/m1/s1. The van der Waals surface area contributed by atoms with E-state index in [1.807, 2.05) is 31.2 Å². The highest BCUT2D eigenvalue weighted by atomic mass is 32.2. The van der Waals surface area contributed by atoms with E-state index >= 15 is 0 Å². The summed E-state index contributed by atoms with van der Waals surface area (Å²) in [6, 6.07) is 11.4. The summed E-state index contributed by atoms with van der Waals surface area (Å²) in [4.78, 5) is 12.6. The first-order chi connectivity index (χ1) is 12.7. The molecule has 1 N–H and O–H groups in total. The van der Waals surface area contributed by atoms with E-state index in [1.54, 1.807) is 7.11 Å². The molecule has 2 aromatic rings. The molecule has 8 heteroatoms. The normalized spacial score (nSPS) is 12.5. The maximum Gasteiger partial charge on any atom is 0.251 e. The summed E-state index contributed by atoms with van der Waals surface area (Å²) in [5.74, 6) is 0.533. The number of methoxy groups -OCH3 is 2. The molecule has 0 fully saturated rings. The third-order valence-corrected chi connectivity index (χ3v) is 5.98. The molecule has 0 saturated carbocycles. The minimum absolute atomic E-state index is 0.0558. The van der Waals surface area contributed by atoms with Crippen molar-refractivity contribution in [3.63, 3.8) is 0 Å². The van der Waals surface area contributed by atoms with Crippen LogP contribution in [-0.2, 0) is 10.0 Å². The SMILES string of the molecule is COc1ccc([C@@H](C)NC(=O)c2ccc(OC)c(S(=O)(=O)N(C)C)c2)cc1. The topological polar surface area (TPSA) is 84.9 Å². The number of nitrogens with one attached hydrogen (secondary N) is 1. The lowest BCUT2D eigenvalue weighted by Gasteiger charge is -2.17. The van der Waals surface area contributed by atoms with Crippen molar-refractivity contribution in [2.75, 3.05) is 28.3 Å². The molecule has 0 aliphatic rings. The second kappa shape index (κ2) is 8.41. The minimum atomic E-state index is -3.75. The zero-order chi connectivity index (χ0) is 20.2. The van der Waals surface area contributed by atoms with Crippen LogP contribution in [-0.4, -0.2) is 46.9 Å². The number of benzene rings is 2. The lowest BCUT2D eigenvalue weighted by molar-refractivity contribution is 0.0939.